The van der Waals surface area contributed by atoms with E-state index >= 15 is 0 Å². The second-order valence-corrected chi connectivity index (χ2v) is 9.32. The van der Waals surface area contributed by atoms with Gasteiger partial charge in [-0.05, 0) is 61.1 Å². The van der Waals surface area contributed by atoms with Crippen LogP contribution >= 0.6 is 23.2 Å². The van der Waals surface area contributed by atoms with Crippen LogP contribution in [0.1, 0.15) is 42.9 Å². The SMILES string of the molecule is C[C@@H](OC(=O)Nc1c(F)cnn1-c1ccc(-c2ccc(C3CC3)cc2Cl)cc1)c1ccccc1Cl. The van der Waals surface area contributed by atoms with E-state index in [0.717, 1.165) is 17.3 Å². The van der Waals surface area contributed by atoms with Gasteiger partial charge in [0.15, 0.2) is 11.6 Å². The van der Waals surface area contributed by atoms with Crippen molar-refractivity contribution in [3.05, 3.63) is 99.9 Å². The number of halogens is 3. The van der Waals surface area contributed by atoms with E-state index in [2.05, 4.69) is 16.5 Å². The molecule has 5 nitrogen and oxygen atoms in total. The molecule has 1 aliphatic rings. The highest BCUT2D eigenvalue weighted by molar-refractivity contribution is 6.33. The number of rotatable bonds is 6. The minimum Gasteiger partial charge on any atom is -0.441 e. The molecule has 0 spiro atoms. The van der Waals surface area contributed by atoms with Gasteiger partial charge in [0.1, 0.15) is 6.10 Å². The number of carbonyl (C=O) groups excluding carboxylic acids is 1. The van der Waals surface area contributed by atoms with Crippen molar-refractivity contribution in [2.75, 3.05) is 5.32 Å². The summed E-state index contributed by atoms with van der Waals surface area (Å²) in [5.41, 5.74) is 4.34. The van der Waals surface area contributed by atoms with Crippen LogP contribution in [0.15, 0.2) is 72.9 Å². The number of amides is 1. The summed E-state index contributed by atoms with van der Waals surface area (Å²) in [6.45, 7) is 1.69. The molecule has 4 aromatic rings. The highest BCUT2D eigenvalue weighted by Gasteiger charge is 2.24. The van der Waals surface area contributed by atoms with Crippen molar-refractivity contribution in [3.8, 4) is 16.8 Å². The molecule has 35 heavy (non-hydrogen) atoms. The van der Waals surface area contributed by atoms with E-state index in [0.29, 0.717) is 27.2 Å². The fourth-order valence-electron chi connectivity index (χ4n) is 4.01. The van der Waals surface area contributed by atoms with E-state index in [1.54, 1.807) is 43.3 Å². The van der Waals surface area contributed by atoms with Crippen molar-refractivity contribution in [1.29, 1.82) is 0 Å². The first-order chi connectivity index (χ1) is 16.9. The van der Waals surface area contributed by atoms with Crippen molar-refractivity contribution in [2.24, 2.45) is 0 Å². The van der Waals surface area contributed by atoms with Gasteiger partial charge in [-0.3, -0.25) is 5.32 Å². The van der Waals surface area contributed by atoms with Crippen LogP contribution in [-0.2, 0) is 4.74 Å². The first-order valence-corrected chi connectivity index (χ1v) is 12.0. The summed E-state index contributed by atoms with van der Waals surface area (Å²) >= 11 is 12.7. The number of ether oxygens (including phenoxy) is 1. The number of hydrogen-bond acceptors (Lipinski definition) is 3. The first kappa shape index (κ1) is 23.4. The third kappa shape index (κ3) is 5.04. The van der Waals surface area contributed by atoms with Crippen LogP contribution < -0.4 is 5.32 Å². The molecule has 1 fully saturated rings. The van der Waals surface area contributed by atoms with Gasteiger partial charge in [-0.2, -0.15) is 5.10 Å². The van der Waals surface area contributed by atoms with Gasteiger partial charge < -0.3 is 4.74 Å². The van der Waals surface area contributed by atoms with Gasteiger partial charge in [-0.15, -0.1) is 0 Å². The Morgan fingerprint density at radius 3 is 2.51 bits per heavy atom. The van der Waals surface area contributed by atoms with E-state index in [1.165, 1.54) is 23.1 Å². The fourth-order valence-corrected chi connectivity index (χ4v) is 4.60. The maximum Gasteiger partial charge on any atom is 0.413 e. The van der Waals surface area contributed by atoms with Crippen molar-refractivity contribution in [3.63, 3.8) is 0 Å². The smallest absolute Gasteiger partial charge is 0.413 e. The molecule has 0 radical (unpaired) electrons. The number of nitrogens with zero attached hydrogens (tertiary/aromatic N) is 2. The van der Waals surface area contributed by atoms with Gasteiger partial charge in [0.2, 0.25) is 0 Å². The lowest BCUT2D eigenvalue weighted by molar-refractivity contribution is 0.121. The molecule has 8 heteroatoms. The van der Waals surface area contributed by atoms with Crippen molar-refractivity contribution in [2.45, 2.75) is 31.8 Å². The lowest BCUT2D eigenvalue weighted by Crippen LogP contribution is -2.19. The second-order valence-electron chi connectivity index (χ2n) is 8.51. The Hall–Kier alpha value is -3.35. The maximum atomic E-state index is 14.5. The Morgan fingerprint density at radius 1 is 1.09 bits per heavy atom. The van der Waals surface area contributed by atoms with Gasteiger partial charge in [-0.25, -0.2) is 13.9 Å². The first-order valence-electron chi connectivity index (χ1n) is 11.3. The average molecular weight is 510 g/mol. The molecule has 0 aliphatic heterocycles. The number of hydrogen-bond donors (Lipinski definition) is 1. The Bertz CT molecular complexity index is 1380. The lowest BCUT2D eigenvalue weighted by Gasteiger charge is -2.16. The number of carbonyl (C=O) groups is 1. The van der Waals surface area contributed by atoms with Crippen LogP contribution in [0.3, 0.4) is 0 Å². The van der Waals surface area contributed by atoms with Crippen LogP contribution in [0.4, 0.5) is 15.0 Å². The Labute approximate surface area is 212 Å². The molecule has 0 saturated heterocycles. The summed E-state index contributed by atoms with van der Waals surface area (Å²) in [6, 6.07) is 20.6. The highest BCUT2D eigenvalue weighted by Crippen LogP contribution is 2.42. The Balaban J connectivity index is 1.33. The van der Waals surface area contributed by atoms with Crippen molar-refractivity contribution >= 4 is 35.1 Å². The number of benzene rings is 3. The van der Waals surface area contributed by atoms with E-state index in [4.69, 9.17) is 27.9 Å². The quantitative estimate of drug-likeness (QED) is 0.285. The molecule has 0 bridgehead atoms. The topological polar surface area (TPSA) is 56.1 Å². The summed E-state index contributed by atoms with van der Waals surface area (Å²) in [5, 5.41) is 7.71. The molecule has 1 atom stereocenters. The van der Waals surface area contributed by atoms with E-state index < -0.39 is 18.0 Å². The zero-order valence-corrected chi connectivity index (χ0v) is 20.4. The van der Waals surface area contributed by atoms with Crippen molar-refractivity contribution < 1.29 is 13.9 Å². The molecule has 1 aliphatic carbocycles. The van der Waals surface area contributed by atoms with Gasteiger partial charge in [0.25, 0.3) is 0 Å². The van der Waals surface area contributed by atoms with E-state index in [1.807, 2.05) is 24.3 Å². The Kier molecular flexibility index (Phi) is 6.50. The standard InChI is InChI=1S/C27H22Cl2FN3O2/c1-16(21-4-2-3-5-23(21)28)35-27(34)32-26-25(30)15-31-33(26)20-11-8-18(9-12-20)22-13-10-19(14-24(22)29)17-6-7-17/h2-5,8-17H,6-7H2,1H3,(H,32,34)/t16-/m1/s1. The maximum absolute atomic E-state index is 14.5. The third-order valence-electron chi connectivity index (χ3n) is 6.04. The number of aromatic nitrogens is 2. The van der Waals surface area contributed by atoms with E-state index in [9.17, 15) is 9.18 Å². The van der Waals surface area contributed by atoms with E-state index in [-0.39, 0.29) is 5.82 Å². The molecule has 1 saturated carbocycles. The minimum absolute atomic E-state index is 0.124. The summed E-state index contributed by atoms with van der Waals surface area (Å²) < 4.78 is 21.2. The predicted octanol–water partition coefficient (Wildman–Crippen LogP) is 8.17. The zero-order valence-electron chi connectivity index (χ0n) is 18.8. The van der Waals surface area contributed by atoms with Gasteiger partial charge >= 0.3 is 6.09 Å². The van der Waals surface area contributed by atoms with Crippen LogP contribution in [0.2, 0.25) is 10.0 Å². The summed E-state index contributed by atoms with van der Waals surface area (Å²) in [7, 11) is 0. The van der Waals surface area contributed by atoms with Crippen LogP contribution in [0, 0.1) is 5.82 Å². The molecular weight excluding hydrogens is 488 g/mol. The normalized spacial score (nSPS) is 13.9. The van der Waals surface area contributed by atoms with Crippen molar-refractivity contribution in [1.82, 2.24) is 9.78 Å². The fraction of sp³-hybridized carbons (Fsp3) is 0.185. The molecule has 5 rings (SSSR count). The van der Waals surface area contributed by atoms with Crippen LogP contribution in [-0.4, -0.2) is 15.9 Å². The molecule has 1 heterocycles. The molecule has 1 aromatic heterocycles. The highest BCUT2D eigenvalue weighted by atomic mass is 35.5. The predicted molar refractivity (Wildman–Crippen MR) is 136 cm³/mol. The Morgan fingerprint density at radius 2 is 1.83 bits per heavy atom. The summed E-state index contributed by atoms with van der Waals surface area (Å²) in [5.74, 6) is -0.181. The number of nitrogens with one attached hydrogen (secondary N) is 1. The largest absolute Gasteiger partial charge is 0.441 e. The molecule has 178 valence electrons. The van der Waals surface area contributed by atoms with Gasteiger partial charge in [-0.1, -0.05) is 65.7 Å². The van der Waals surface area contributed by atoms with Gasteiger partial charge in [0.05, 0.1) is 11.9 Å². The minimum atomic E-state index is -0.822. The molecule has 3 aromatic carbocycles. The summed E-state index contributed by atoms with van der Waals surface area (Å²) in [4.78, 5) is 12.5. The molecule has 0 unspecified atom stereocenters. The molecular formula is C27H22Cl2FN3O2. The third-order valence-corrected chi connectivity index (χ3v) is 6.69. The average Bonchev–Trinajstić information content (AvgIpc) is 3.64. The summed E-state index contributed by atoms with van der Waals surface area (Å²) in [6.07, 6.45) is 2.02. The second kappa shape index (κ2) is 9.72. The number of anilines is 1. The van der Waals surface area contributed by atoms with Crippen LogP contribution in [0.25, 0.3) is 16.8 Å². The lowest BCUT2D eigenvalue weighted by atomic mass is 10.0. The van der Waals surface area contributed by atoms with Gasteiger partial charge in [0, 0.05) is 21.2 Å². The molecule has 1 amide bonds. The zero-order chi connectivity index (χ0) is 24.5. The molecule has 1 N–H and O–H groups in total. The van der Waals surface area contributed by atoms with Crippen LogP contribution in [0.5, 0.6) is 0 Å². The monoisotopic (exact) mass is 509 g/mol.